The molecule has 0 saturated carbocycles. The molecule has 0 aliphatic rings. The fraction of sp³-hybridized carbons (Fsp3) is 0.529. The molecule has 2 aromatic rings. The standard InChI is InChI=1S/C17H8F17N3O3/c1-37-7-5-3-2-4-6(7)35-9(37)36-8(38)10(18,13(22,23)24)39-17(33,34)12(21,15(28,29)30)40-16(31,32)11(19,20)14(25,26)27/h2-5H,1H3,(H,35,36,38)/t10-,12+/m1/s1. The van der Waals surface area contributed by atoms with Gasteiger partial charge >= 0.3 is 54.3 Å². The first-order valence-corrected chi connectivity index (χ1v) is 9.40. The molecule has 2 rings (SSSR count). The van der Waals surface area contributed by atoms with Crippen LogP contribution in [0.5, 0.6) is 0 Å². The Morgan fingerprint density at radius 2 is 1.23 bits per heavy atom. The number of hydrogen-bond acceptors (Lipinski definition) is 4. The van der Waals surface area contributed by atoms with Gasteiger partial charge in [0.15, 0.2) is 0 Å². The fourth-order valence-corrected chi connectivity index (χ4v) is 2.60. The third kappa shape index (κ3) is 5.31. The van der Waals surface area contributed by atoms with Crippen LogP contribution in [-0.4, -0.2) is 63.8 Å². The van der Waals surface area contributed by atoms with Crippen LogP contribution >= 0.6 is 0 Å². The van der Waals surface area contributed by atoms with Crippen molar-refractivity contribution in [3.63, 3.8) is 0 Å². The Hall–Kier alpha value is -3.11. The number of nitrogens with one attached hydrogen (secondary N) is 1. The van der Waals surface area contributed by atoms with Crippen molar-refractivity contribution in [2.75, 3.05) is 5.32 Å². The normalized spacial score (nSPS) is 17.4. The van der Waals surface area contributed by atoms with E-state index in [4.69, 9.17) is 0 Å². The third-order valence-corrected chi connectivity index (χ3v) is 4.67. The van der Waals surface area contributed by atoms with E-state index in [1.165, 1.54) is 22.9 Å². The van der Waals surface area contributed by atoms with Crippen LogP contribution in [0.2, 0.25) is 0 Å². The van der Waals surface area contributed by atoms with Crippen LogP contribution in [0.25, 0.3) is 11.0 Å². The van der Waals surface area contributed by atoms with Crippen molar-refractivity contribution in [2.45, 2.75) is 48.4 Å². The van der Waals surface area contributed by atoms with Gasteiger partial charge in [0.2, 0.25) is 5.95 Å². The van der Waals surface area contributed by atoms with Gasteiger partial charge in [-0.2, -0.15) is 74.6 Å². The number of alkyl halides is 17. The Balaban J connectivity index is 2.60. The van der Waals surface area contributed by atoms with Crippen LogP contribution < -0.4 is 5.32 Å². The van der Waals surface area contributed by atoms with Crippen LogP contribution in [0.3, 0.4) is 0 Å². The summed E-state index contributed by atoms with van der Waals surface area (Å²) in [5, 5.41) is 0.850. The topological polar surface area (TPSA) is 65.4 Å². The highest BCUT2D eigenvalue weighted by Crippen LogP contribution is 2.56. The van der Waals surface area contributed by atoms with E-state index in [2.05, 4.69) is 4.98 Å². The zero-order chi connectivity index (χ0) is 31.5. The molecule has 0 fully saturated rings. The van der Waals surface area contributed by atoms with E-state index in [1.54, 1.807) is 0 Å². The first-order valence-electron chi connectivity index (χ1n) is 9.40. The zero-order valence-corrected chi connectivity index (χ0v) is 18.4. The van der Waals surface area contributed by atoms with Crippen molar-refractivity contribution < 1.29 is 88.9 Å². The van der Waals surface area contributed by atoms with Gasteiger partial charge in [0.25, 0.3) is 0 Å². The SMILES string of the molecule is Cn1c(NC(=O)[C@@](F)(OC(F)(F)[C@@](F)(OC(F)(F)C(F)(F)C(F)(F)F)C(F)(F)F)C(F)(F)F)nc2ccccc21. The summed E-state index contributed by atoms with van der Waals surface area (Å²) in [6, 6.07) is 4.83. The van der Waals surface area contributed by atoms with Crippen LogP contribution in [0, 0.1) is 0 Å². The van der Waals surface area contributed by atoms with Gasteiger partial charge in [0.1, 0.15) is 0 Å². The van der Waals surface area contributed by atoms with Gasteiger partial charge < -0.3 is 4.57 Å². The van der Waals surface area contributed by atoms with Gasteiger partial charge in [0.05, 0.1) is 11.0 Å². The molecule has 228 valence electrons. The lowest BCUT2D eigenvalue weighted by Gasteiger charge is -2.40. The minimum atomic E-state index is -8.08. The average Bonchev–Trinajstić information content (AvgIpc) is 3.05. The molecule has 0 bridgehead atoms. The smallest absolute Gasteiger partial charge is 0.313 e. The number of aryl methyl sites for hydroxylation is 1. The summed E-state index contributed by atoms with van der Waals surface area (Å²) in [4.78, 5) is 15.4. The maximum absolute atomic E-state index is 14.7. The molecule has 40 heavy (non-hydrogen) atoms. The van der Waals surface area contributed by atoms with E-state index in [-0.39, 0.29) is 11.0 Å². The second kappa shape index (κ2) is 9.48. The number of imidazole rings is 1. The number of amides is 1. The fourth-order valence-electron chi connectivity index (χ4n) is 2.60. The summed E-state index contributed by atoms with van der Waals surface area (Å²) in [6.07, 6.45) is -38.7. The van der Waals surface area contributed by atoms with Crippen molar-refractivity contribution in [2.24, 2.45) is 7.05 Å². The van der Waals surface area contributed by atoms with Crippen LogP contribution in [0.15, 0.2) is 24.3 Å². The van der Waals surface area contributed by atoms with Crippen molar-refractivity contribution in [1.29, 1.82) is 0 Å². The van der Waals surface area contributed by atoms with Crippen LogP contribution in [-0.2, 0) is 21.3 Å². The van der Waals surface area contributed by atoms with E-state index in [9.17, 15) is 79.4 Å². The zero-order valence-electron chi connectivity index (χ0n) is 18.4. The maximum atomic E-state index is 14.7. The monoisotopic (exact) mass is 625 g/mol. The number of para-hydroxylation sites is 2. The second-order valence-corrected chi connectivity index (χ2v) is 7.43. The number of carbonyl (C=O) groups is 1. The quantitative estimate of drug-likeness (QED) is 0.346. The van der Waals surface area contributed by atoms with Crippen LogP contribution in [0.1, 0.15) is 0 Å². The highest BCUT2D eigenvalue weighted by atomic mass is 19.4. The van der Waals surface area contributed by atoms with Gasteiger partial charge in [-0.1, -0.05) is 12.1 Å². The molecule has 0 unspecified atom stereocenters. The molecule has 1 aromatic heterocycles. The Kier molecular flexibility index (Phi) is 7.84. The number of anilines is 1. The molecule has 1 aromatic carbocycles. The maximum Gasteiger partial charge on any atom is 0.462 e. The van der Waals surface area contributed by atoms with Crippen molar-refractivity contribution in [3.05, 3.63) is 24.3 Å². The van der Waals surface area contributed by atoms with Gasteiger partial charge in [-0.15, -0.1) is 0 Å². The minimum Gasteiger partial charge on any atom is -0.313 e. The number of halogens is 17. The van der Waals surface area contributed by atoms with Crippen molar-refractivity contribution >= 4 is 22.9 Å². The molecule has 23 heteroatoms. The molecule has 6 nitrogen and oxygen atoms in total. The van der Waals surface area contributed by atoms with E-state index in [0.717, 1.165) is 18.4 Å². The predicted octanol–water partition coefficient (Wildman–Crippen LogP) is 6.38. The summed E-state index contributed by atoms with van der Waals surface area (Å²) >= 11 is 0. The summed E-state index contributed by atoms with van der Waals surface area (Å²) in [5.41, 5.74) is -0.231. The number of ether oxygens (including phenoxy) is 2. The Labute approximate surface area is 207 Å². The van der Waals surface area contributed by atoms with E-state index >= 15 is 0 Å². The van der Waals surface area contributed by atoms with Gasteiger partial charge in [-0.05, 0) is 12.1 Å². The molecule has 2 atom stereocenters. The van der Waals surface area contributed by atoms with Gasteiger partial charge in [0, 0.05) is 7.05 Å². The van der Waals surface area contributed by atoms with E-state index < -0.39 is 60.2 Å². The Morgan fingerprint density at radius 3 is 1.65 bits per heavy atom. The molecule has 0 radical (unpaired) electrons. The summed E-state index contributed by atoms with van der Waals surface area (Å²) in [5.74, 6) is -27.6. The second-order valence-electron chi connectivity index (χ2n) is 7.43. The number of carbonyl (C=O) groups excluding carboxylic acids is 1. The number of hydrogen-bond donors (Lipinski definition) is 1. The Bertz CT molecular complexity index is 1250. The minimum absolute atomic E-state index is 0.0541. The molecule has 0 spiro atoms. The average molecular weight is 625 g/mol. The molecule has 1 amide bonds. The van der Waals surface area contributed by atoms with E-state index in [0.29, 0.717) is 4.57 Å². The summed E-state index contributed by atoms with van der Waals surface area (Å²) in [6.45, 7) is 0. The Morgan fingerprint density at radius 1 is 0.725 bits per heavy atom. The largest absolute Gasteiger partial charge is 0.462 e. The summed E-state index contributed by atoms with van der Waals surface area (Å²) in [7, 11) is 0.904. The number of rotatable bonds is 8. The first-order chi connectivity index (χ1) is 17.6. The molecule has 0 aliphatic carbocycles. The molecule has 0 saturated heterocycles. The number of fused-ring (bicyclic) bond motifs is 1. The lowest BCUT2D eigenvalue weighted by Crippen LogP contribution is -2.68. The van der Waals surface area contributed by atoms with Gasteiger partial charge in [-0.3, -0.25) is 19.6 Å². The highest BCUT2D eigenvalue weighted by molar-refractivity contribution is 5.97. The predicted molar refractivity (Wildman–Crippen MR) is 92.2 cm³/mol. The lowest BCUT2D eigenvalue weighted by molar-refractivity contribution is -0.548. The molecule has 1 heterocycles. The van der Waals surface area contributed by atoms with Gasteiger partial charge in [-0.25, -0.2) is 4.98 Å². The number of aromatic nitrogens is 2. The van der Waals surface area contributed by atoms with Crippen molar-refractivity contribution in [3.8, 4) is 0 Å². The van der Waals surface area contributed by atoms with Crippen LogP contribution in [0.4, 0.5) is 80.6 Å². The van der Waals surface area contributed by atoms with E-state index in [1.807, 2.05) is 4.74 Å². The molecule has 0 aliphatic heterocycles. The lowest BCUT2D eigenvalue weighted by atomic mass is 10.2. The molecular formula is C17H8F17N3O3. The van der Waals surface area contributed by atoms with Crippen molar-refractivity contribution in [1.82, 2.24) is 9.55 Å². The summed E-state index contributed by atoms with van der Waals surface area (Å²) < 4.78 is 229. The highest BCUT2D eigenvalue weighted by Gasteiger charge is 2.85. The first kappa shape index (κ1) is 33.1. The molecule has 1 N–H and O–H groups in total. The molecular weight excluding hydrogens is 617 g/mol. The third-order valence-electron chi connectivity index (χ3n) is 4.67. The number of benzene rings is 1. The number of nitrogens with zero attached hydrogens (tertiary/aromatic N) is 2.